The lowest BCUT2D eigenvalue weighted by atomic mass is 10.1. The molecule has 0 unspecified atom stereocenters. The molecule has 0 bridgehead atoms. The molecular formula is C18H16F2N4OS. The summed E-state index contributed by atoms with van der Waals surface area (Å²) in [5.74, 6) is 0.545. The molecule has 0 fully saturated rings. The van der Waals surface area contributed by atoms with Crippen molar-refractivity contribution in [3.05, 3.63) is 64.4 Å². The van der Waals surface area contributed by atoms with Gasteiger partial charge in [-0.05, 0) is 54.0 Å². The lowest BCUT2D eigenvalue weighted by Crippen LogP contribution is -2.01. The van der Waals surface area contributed by atoms with Gasteiger partial charge < -0.3 is 4.74 Å². The van der Waals surface area contributed by atoms with Crippen LogP contribution in [-0.2, 0) is 6.42 Å². The fourth-order valence-corrected chi connectivity index (χ4v) is 2.51. The summed E-state index contributed by atoms with van der Waals surface area (Å²) >= 11 is 5.22. The Bertz CT molecular complexity index is 947. The highest BCUT2D eigenvalue weighted by Gasteiger charge is 2.09. The monoisotopic (exact) mass is 374 g/mol. The zero-order valence-electron chi connectivity index (χ0n) is 13.9. The van der Waals surface area contributed by atoms with Crippen LogP contribution in [0.3, 0.4) is 0 Å². The summed E-state index contributed by atoms with van der Waals surface area (Å²) in [6.45, 7) is -0.767. The molecule has 0 aliphatic rings. The summed E-state index contributed by atoms with van der Waals surface area (Å²) in [4.78, 5) is 0. The maximum atomic E-state index is 12.2. The number of nitrogens with zero attached hydrogens (tertiary/aromatic N) is 3. The molecule has 0 saturated heterocycles. The van der Waals surface area contributed by atoms with Gasteiger partial charge in [-0.1, -0.05) is 31.2 Å². The van der Waals surface area contributed by atoms with E-state index in [2.05, 4.69) is 27.0 Å². The summed E-state index contributed by atoms with van der Waals surface area (Å²) in [5, 5.41) is 11.2. The topological polar surface area (TPSA) is 55.2 Å². The molecule has 3 rings (SSSR count). The molecule has 0 radical (unpaired) electrons. The van der Waals surface area contributed by atoms with E-state index in [9.17, 15) is 8.78 Å². The van der Waals surface area contributed by atoms with Crippen molar-refractivity contribution in [2.24, 2.45) is 5.10 Å². The van der Waals surface area contributed by atoms with Crippen LogP contribution in [0, 0.1) is 4.77 Å². The molecule has 3 aromatic rings. The van der Waals surface area contributed by atoms with Crippen LogP contribution in [0.25, 0.3) is 11.4 Å². The van der Waals surface area contributed by atoms with Gasteiger partial charge in [0.1, 0.15) is 5.75 Å². The lowest BCUT2D eigenvalue weighted by molar-refractivity contribution is -0.0498. The molecule has 1 heterocycles. The van der Waals surface area contributed by atoms with Crippen LogP contribution in [0.15, 0.2) is 53.6 Å². The minimum atomic E-state index is -2.86. The van der Waals surface area contributed by atoms with Gasteiger partial charge in [0.05, 0.1) is 6.21 Å². The van der Waals surface area contributed by atoms with Crippen LogP contribution >= 0.6 is 12.2 Å². The summed E-state index contributed by atoms with van der Waals surface area (Å²) in [5.41, 5.74) is 2.84. The van der Waals surface area contributed by atoms with Gasteiger partial charge in [0.25, 0.3) is 0 Å². The lowest BCUT2D eigenvalue weighted by Gasteiger charge is -2.05. The summed E-state index contributed by atoms with van der Waals surface area (Å²) < 4.78 is 30.6. The van der Waals surface area contributed by atoms with Gasteiger partial charge in [0.15, 0.2) is 5.82 Å². The molecule has 0 saturated carbocycles. The molecule has 0 aliphatic carbocycles. The third-order valence-electron chi connectivity index (χ3n) is 3.70. The van der Waals surface area contributed by atoms with E-state index in [0.29, 0.717) is 16.2 Å². The predicted molar refractivity (Wildman–Crippen MR) is 98.3 cm³/mol. The van der Waals surface area contributed by atoms with Gasteiger partial charge >= 0.3 is 6.61 Å². The van der Waals surface area contributed by atoms with Crippen LogP contribution in [-0.4, -0.2) is 27.7 Å². The molecule has 1 aromatic heterocycles. The van der Waals surface area contributed by atoms with E-state index in [1.54, 1.807) is 18.3 Å². The van der Waals surface area contributed by atoms with Crippen molar-refractivity contribution in [1.29, 1.82) is 0 Å². The van der Waals surface area contributed by atoms with E-state index in [4.69, 9.17) is 12.2 Å². The van der Waals surface area contributed by atoms with Crippen molar-refractivity contribution in [3.8, 4) is 17.1 Å². The van der Waals surface area contributed by atoms with E-state index in [1.165, 1.54) is 22.4 Å². The van der Waals surface area contributed by atoms with Crippen LogP contribution in [0.1, 0.15) is 18.1 Å². The van der Waals surface area contributed by atoms with E-state index in [-0.39, 0.29) is 5.75 Å². The van der Waals surface area contributed by atoms with Crippen molar-refractivity contribution in [2.75, 3.05) is 0 Å². The highest BCUT2D eigenvalue weighted by atomic mass is 32.1. The van der Waals surface area contributed by atoms with E-state index >= 15 is 0 Å². The van der Waals surface area contributed by atoms with E-state index in [1.807, 2.05) is 24.3 Å². The average molecular weight is 374 g/mol. The zero-order valence-corrected chi connectivity index (χ0v) is 14.7. The number of aromatic amines is 1. The first kappa shape index (κ1) is 17.9. The fraction of sp³-hybridized carbons (Fsp3) is 0.167. The minimum absolute atomic E-state index is 0.0731. The fourth-order valence-electron chi connectivity index (χ4n) is 2.33. The first-order valence-electron chi connectivity index (χ1n) is 7.93. The summed E-state index contributed by atoms with van der Waals surface area (Å²) in [6.07, 6.45) is 2.65. The Morgan fingerprint density at radius 2 is 1.88 bits per heavy atom. The number of hydrogen-bond donors (Lipinski definition) is 1. The zero-order chi connectivity index (χ0) is 18.5. The number of hydrogen-bond acceptors (Lipinski definition) is 4. The largest absolute Gasteiger partial charge is 0.435 e. The van der Waals surface area contributed by atoms with Crippen molar-refractivity contribution in [1.82, 2.24) is 14.9 Å². The maximum absolute atomic E-state index is 12.2. The number of aromatic nitrogens is 3. The Hall–Kier alpha value is -2.87. The number of nitrogens with one attached hydrogen (secondary N) is 1. The number of halogens is 2. The highest BCUT2D eigenvalue weighted by molar-refractivity contribution is 7.71. The second-order valence-electron chi connectivity index (χ2n) is 5.41. The van der Waals surface area contributed by atoms with Gasteiger partial charge in [0.2, 0.25) is 4.77 Å². The summed E-state index contributed by atoms with van der Waals surface area (Å²) in [6, 6.07) is 14.1. The molecule has 0 atom stereocenters. The molecule has 0 aliphatic heterocycles. The third-order valence-corrected chi connectivity index (χ3v) is 3.96. The molecule has 0 spiro atoms. The number of benzene rings is 2. The van der Waals surface area contributed by atoms with Crippen LogP contribution in [0.4, 0.5) is 8.78 Å². The molecule has 1 N–H and O–H groups in total. The Balaban J connectivity index is 1.86. The first-order valence-corrected chi connectivity index (χ1v) is 8.33. The highest BCUT2D eigenvalue weighted by Crippen LogP contribution is 2.22. The number of aryl methyl sites for hydroxylation is 1. The Kier molecular flexibility index (Phi) is 5.52. The van der Waals surface area contributed by atoms with Gasteiger partial charge in [0, 0.05) is 5.56 Å². The van der Waals surface area contributed by atoms with E-state index < -0.39 is 6.61 Å². The standard InChI is InChI=1S/C18H16F2N4OS/c1-2-12-3-5-13(6-4-12)11-21-24-16(22-23-18(24)26)14-7-9-15(10-8-14)25-17(19)20/h3-11,17H,2H2,1H3,(H,23,26). The smallest absolute Gasteiger partial charge is 0.387 e. The van der Waals surface area contributed by atoms with Gasteiger partial charge in [-0.2, -0.15) is 23.7 Å². The quantitative estimate of drug-likeness (QED) is 0.505. The molecule has 8 heteroatoms. The van der Waals surface area contributed by atoms with Crippen molar-refractivity contribution in [2.45, 2.75) is 20.0 Å². The predicted octanol–water partition coefficient (Wildman–Crippen LogP) is 4.65. The van der Waals surface area contributed by atoms with E-state index in [0.717, 1.165) is 12.0 Å². The number of alkyl halides is 2. The second-order valence-corrected chi connectivity index (χ2v) is 5.79. The van der Waals surface area contributed by atoms with Crippen LogP contribution < -0.4 is 4.74 Å². The molecular weight excluding hydrogens is 358 g/mol. The SMILES string of the molecule is CCc1ccc(C=Nn2c(-c3ccc(OC(F)F)cc3)n[nH]c2=S)cc1. The van der Waals surface area contributed by atoms with Gasteiger partial charge in [-0.3, -0.25) is 0 Å². The van der Waals surface area contributed by atoms with Gasteiger partial charge in [-0.25, -0.2) is 5.10 Å². The Labute approximate surface area is 154 Å². The number of ether oxygens (including phenoxy) is 1. The normalized spacial score (nSPS) is 11.4. The average Bonchev–Trinajstić information content (AvgIpc) is 3.01. The molecule has 0 amide bonds. The van der Waals surface area contributed by atoms with Crippen molar-refractivity contribution in [3.63, 3.8) is 0 Å². The van der Waals surface area contributed by atoms with Crippen molar-refractivity contribution < 1.29 is 13.5 Å². The molecule has 26 heavy (non-hydrogen) atoms. The van der Waals surface area contributed by atoms with Gasteiger partial charge in [-0.15, -0.1) is 0 Å². The molecule has 134 valence electrons. The molecule has 2 aromatic carbocycles. The van der Waals surface area contributed by atoms with Crippen LogP contribution in [0.2, 0.25) is 0 Å². The molecule has 5 nitrogen and oxygen atoms in total. The second kappa shape index (κ2) is 8.01. The third kappa shape index (κ3) is 4.20. The summed E-state index contributed by atoms with van der Waals surface area (Å²) in [7, 11) is 0. The first-order chi connectivity index (χ1) is 12.6. The maximum Gasteiger partial charge on any atom is 0.387 e. The van der Waals surface area contributed by atoms with Crippen LogP contribution in [0.5, 0.6) is 5.75 Å². The van der Waals surface area contributed by atoms with Crippen molar-refractivity contribution >= 4 is 18.4 Å². The minimum Gasteiger partial charge on any atom is -0.435 e. The Morgan fingerprint density at radius 1 is 1.19 bits per heavy atom. The number of H-pyrrole nitrogens is 1. The Morgan fingerprint density at radius 3 is 2.50 bits per heavy atom. The number of rotatable bonds is 6.